The topological polar surface area (TPSA) is 149 Å². The highest BCUT2D eigenvalue weighted by Crippen LogP contribution is 2.41. The zero-order valence-electron chi connectivity index (χ0n) is 24.8. The molecule has 1 fully saturated rings. The monoisotopic (exact) mass is 704 g/mol. The maximum Gasteiger partial charge on any atom is 0.490 e. The number of aromatic nitrogens is 2. The van der Waals surface area contributed by atoms with E-state index >= 15 is 0 Å². The van der Waals surface area contributed by atoms with Crippen LogP contribution in [0, 0.1) is 0 Å². The first-order valence-corrected chi connectivity index (χ1v) is 13.6. The average Bonchev–Trinajstić information content (AvgIpc) is 3.67. The van der Waals surface area contributed by atoms with E-state index in [1.54, 1.807) is 6.26 Å². The molecule has 20 heteroatoms. The van der Waals surface area contributed by atoms with Gasteiger partial charge in [-0.05, 0) is 37.6 Å². The second-order valence-electron chi connectivity index (χ2n) is 10.2. The van der Waals surface area contributed by atoms with Crippen LogP contribution >= 0.6 is 0 Å². The Balaban J connectivity index is 0.000000313. The quantitative estimate of drug-likeness (QED) is 0.300. The highest BCUT2D eigenvalue weighted by Gasteiger charge is 2.46. The molecule has 0 bridgehead atoms. The summed E-state index contributed by atoms with van der Waals surface area (Å²) in [4.78, 5) is 36.7. The Bertz CT molecular complexity index is 1420. The first-order valence-electron chi connectivity index (χ1n) is 13.6. The van der Waals surface area contributed by atoms with E-state index in [1.165, 1.54) is 17.1 Å². The molecule has 0 amide bonds. The van der Waals surface area contributed by atoms with Crippen molar-refractivity contribution in [2.45, 2.75) is 50.0 Å². The fourth-order valence-corrected chi connectivity index (χ4v) is 4.76. The van der Waals surface area contributed by atoms with Crippen LogP contribution in [0.2, 0.25) is 0 Å². The lowest BCUT2D eigenvalue weighted by molar-refractivity contribution is -0.193. The Morgan fingerprint density at radius 2 is 1.25 bits per heavy atom. The Morgan fingerprint density at radius 1 is 0.771 bits per heavy atom. The van der Waals surface area contributed by atoms with Gasteiger partial charge in [0.1, 0.15) is 11.6 Å². The molecule has 1 saturated heterocycles. The van der Waals surface area contributed by atoms with Crippen LogP contribution in [0.25, 0.3) is 11.3 Å². The number of halogens is 9. The molecule has 2 aromatic heterocycles. The van der Waals surface area contributed by atoms with Gasteiger partial charge in [-0.25, -0.2) is 19.4 Å². The van der Waals surface area contributed by atoms with Crippen LogP contribution < -0.4 is 0 Å². The lowest BCUT2D eigenvalue weighted by Gasteiger charge is -2.49. The third-order valence-electron chi connectivity index (χ3n) is 7.10. The van der Waals surface area contributed by atoms with Crippen LogP contribution in [0.15, 0.2) is 59.3 Å². The van der Waals surface area contributed by atoms with Gasteiger partial charge >= 0.3 is 36.4 Å². The summed E-state index contributed by atoms with van der Waals surface area (Å²) >= 11 is 0. The number of piperidine rings is 1. The van der Waals surface area contributed by atoms with E-state index in [9.17, 15) is 39.5 Å². The van der Waals surface area contributed by atoms with Crippen molar-refractivity contribution in [3.05, 3.63) is 66.5 Å². The number of likely N-dealkylation sites (N-methyl/N-ethyl adjacent to an activating group) is 1. The summed E-state index contributed by atoms with van der Waals surface area (Å²) in [6.45, 7) is 5.11. The second kappa shape index (κ2) is 16.0. The van der Waals surface area contributed by atoms with Crippen molar-refractivity contribution in [2.24, 2.45) is 0 Å². The van der Waals surface area contributed by atoms with Gasteiger partial charge in [0, 0.05) is 26.2 Å². The Labute approximate surface area is 265 Å². The minimum absolute atomic E-state index is 0.0466. The zero-order valence-corrected chi connectivity index (χ0v) is 24.8. The van der Waals surface area contributed by atoms with Gasteiger partial charge in [0.2, 0.25) is 0 Å². The number of carboxylic acid groups (broad SMARTS) is 3. The molecule has 0 radical (unpaired) electrons. The molecule has 0 saturated carbocycles. The summed E-state index contributed by atoms with van der Waals surface area (Å²) in [5.74, 6) is -5.98. The van der Waals surface area contributed by atoms with Crippen molar-refractivity contribution in [1.82, 2.24) is 19.4 Å². The normalized spacial score (nSPS) is 16.2. The number of hydrogen-bond acceptors (Lipinski definition) is 7. The van der Waals surface area contributed by atoms with Crippen molar-refractivity contribution in [3.8, 4) is 11.3 Å². The summed E-state index contributed by atoms with van der Waals surface area (Å²) < 4.78 is 103. The smallest absolute Gasteiger partial charge is 0.475 e. The third-order valence-corrected chi connectivity index (χ3v) is 7.10. The fourth-order valence-electron chi connectivity index (χ4n) is 4.76. The van der Waals surface area contributed by atoms with E-state index in [1.807, 2.05) is 6.07 Å². The van der Waals surface area contributed by atoms with Crippen LogP contribution in [0.1, 0.15) is 24.4 Å². The lowest BCUT2D eigenvalue weighted by atomic mass is 9.83. The standard InChI is InChI=1S/C22H26N4O.3C2HF3O2/c1-24-13-14-26-20(18-6-3-2-4-7-18)16-23-21(26)22(24)9-11-25(12-10-22)17-19-8-5-15-27-19;3*3-2(4,5)1(6)7/h2-8,15-16H,9-14,17H2,1H3;3*(H,6,7). The number of furan rings is 1. The number of benzene rings is 1. The molecule has 1 aromatic carbocycles. The molecule has 3 N–H and O–H groups in total. The maximum absolute atomic E-state index is 10.6. The highest BCUT2D eigenvalue weighted by molar-refractivity contribution is 5.73. The molecule has 1 spiro atoms. The Kier molecular flexibility index (Phi) is 13.2. The Hall–Kier alpha value is -4.59. The number of carboxylic acids is 3. The van der Waals surface area contributed by atoms with Crippen LogP contribution in [0.5, 0.6) is 0 Å². The van der Waals surface area contributed by atoms with Crippen LogP contribution in [-0.4, -0.2) is 97.8 Å². The minimum Gasteiger partial charge on any atom is -0.475 e. The average molecular weight is 705 g/mol. The number of fused-ring (bicyclic) bond motifs is 2. The van der Waals surface area contributed by atoms with Gasteiger partial charge in [-0.3, -0.25) is 9.80 Å². The largest absolute Gasteiger partial charge is 0.490 e. The number of likely N-dealkylation sites (tertiary alicyclic amines) is 1. The molecule has 2 aliphatic heterocycles. The summed E-state index contributed by atoms with van der Waals surface area (Å²) in [7, 11) is 2.27. The molecule has 0 unspecified atom stereocenters. The van der Waals surface area contributed by atoms with Crippen molar-refractivity contribution in [1.29, 1.82) is 0 Å². The van der Waals surface area contributed by atoms with Gasteiger partial charge in [0.25, 0.3) is 0 Å². The first kappa shape index (κ1) is 39.6. The first-order chi connectivity index (χ1) is 22.1. The predicted molar refractivity (Wildman–Crippen MR) is 146 cm³/mol. The number of rotatable bonds is 3. The SMILES string of the molecule is CN1CCn2c(-c3ccccc3)cnc2C12CCN(Cc1ccco1)CC2.O=C(O)C(F)(F)F.O=C(O)C(F)(F)F.O=C(O)C(F)(F)F. The van der Waals surface area contributed by atoms with E-state index in [4.69, 9.17) is 39.1 Å². The molecule has 266 valence electrons. The second-order valence-corrected chi connectivity index (χ2v) is 10.2. The maximum atomic E-state index is 10.6. The molecule has 4 heterocycles. The van der Waals surface area contributed by atoms with Gasteiger partial charge in [0.05, 0.1) is 30.2 Å². The minimum atomic E-state index is -5.08. The van der Waals surface area contributed by atoms with Gasteiger partial charge in [-0.1, -0.05) is 30.3 Å². The third kappa shape index (κ3) is 11.0. The predicted octanol–water partition coefficient (Wildman–Crippen LogP) is 5.48. The number of carbonyl (C=O) groups is 3. The van der Waals surface area contributed by atoms with E-state index in [-0.39, 0.29) is 5.54 Å². The van der Waals surface area contributed by atoms with Gasteiger partial charge in [-0.15, -0.1) is 0 Å². The molecule has 5 rings (SSSR count). The van der Waals surface area contributed by atoms with E-state index in [0.29, 0.717) is 0 Å². The van der Waals surface area contributed by atoms with Crippen LogP contribution in [0.4, 0.5) is 39.5 Å². The van der Waals surface area contributed by atoms with Gasteiger partial charge < -0.3 is 24.3 Å². The molecular formula is C28H29F9N4O7. The molecular weight excluding hydrogens is 675 g/mol. The van der Waals surface area contributed by atoms with Crippen LogP contribution in [-0.2, 0) is 33.0 Å². The number of alkyl halides is 9. The molecule has 11 nitrogen and oxygen atoms in total. The van der Waals surface area contributed by atoms with Crippen molar-refractivity contribution in [3.63, 3.8) is 0 Å². The number of imidazole rings is 1. The molecule has 0 atom stereocenters. The van der Waals surface area contributed by atoms with Gasteiger partial charge in [-0.2, -0.15) is 39.5 Å². The zero-order chi connectivity index (χ0) is 36.5. The molecule has 3 aromatic rings. The number of nitrogens with zero attached hydrogens (tertiary/aromatic N) is 4. The number of aliphatic carboxylic acids is 3. The van der Waals surface area contributed by atoms with Gasteiger partial charge in [0.15, 0.2) is 0 Å². The highest BCUT2D eigenvalue weighted by atomic mass is 19.4. The van der Waals surface area contributed by atoms with Crippen molar-refractivity contribution in [2.75, 3.05) is 26.7 Å². The van der Waals surface area contributed by atoms with E-state index in [2.05, 4.69) is 64.0 Å². The Morgan fingerprint density at radius 3 is 1.67 bits per heavy atom. The summed E-state index contributed by atoms with van der Waals surface area (Å²) in [5.41, 5.74) is 2.55. The van der Waals surface area contributed by atoms with Crippen molar-refractivity contribution >= 4 is 17.9 Å². The summed E-state index contributed by atoms with van der Waals surface area (Å²) in [5, 5.41) is 21.4. The van der Waals surface area contributed by atoms with Crippen LogP contribution in [0.3, 0.4) is 0 Å². The number of hydrogen-bond donors (Lipinski definition) is 3. The lowest BCUT2D eigenvalue weighted by Crippen LogP contribution is -2.56. The molecule has 2 aliphatic rings. The van der Waals surface area contributed by atoms with E-state index < -0.39 is 36.4 Å². The van der Waals surface area contributed by atoms with E-state index in [0.717, 1.165) is 51.3 Å². The molecule has 48 heavy (non-hydrogen) atoms. The fraction of sp³-hybridized carbons (Fsp3) is 0.429. The summed E-state index contributed by atoms with van der Waals surface area (Å²) in [6.07, 6.45) is -9.21. The molecule has 0 aliphatic carbocycles. The summed E-state index contributed by atoms with van der Waals surface area (Å²) in [6, 6.07) is 14.7. The van der Waals surface area contributed by atoms with Crippen molar-refractivity contribution < 1.29 is 73.6 Å².